The average molecular weight is 432 g/mol. The molecular formula is C27H29NO4. The smallest absolute Gasteiger partial charge is 0.168 e. The van der Waals surface area contributed by atoms with E-state index in [1.54, 1.807) is 21.3 Å². The third kappa shape index (κ3) is 3.37. The molecule has 166 valence electrons. The van der Waals surface area contributed by atoms with E-state index >= 15 is 0 Å². The molecule has 0 fully saturated rings. The van der Waals surface area contributed by atoms with Gasteiger partial charge in [0.1, 0.15) is 6.61 Å². The van der Waals surface area contributed by atoms with Crippen molar-refractivity contribution in [2.24, 2.45) is 0 Å². The zero-order chi connectivity index (χ0) is 22.2. The Hall–Kier alpha value is -3.18. The first-order valence-corrected chi connectivity index (χ1v) is 11.0. The fraction of sp³-hybridized carbons (Fsp3) is 0.333. The molecule has 1 aliphatic heterocycles. The molecule has 0 unspecified atom stereocenters. The van der Waals surface area contributed by atoms with Gasteiger partial charge in [-0.05, 0) is 65.9 Å². The highest BCUT2D eigenvalue weighted by Crippen LogP contribution is 2.53. The van der Waals surface area contributed by atoms with E-state index in [4.69, 9.17) is 18.9 Å². The number of fused-ring (bicyclic) bond motifs is 2. The third-order valence-corrected chi connectivity index (χ3v) is 6.70. The fourth-order valence-electron chi connectivity index (χ4n) is 5.07. The predicted octanol–water partition coefficient (Wildman–Crippen LogP) is 5.04. The first-order chi connectivity index (χ1) is 15.6. The molecule has 5 rings (SSSR count). The summed E-state index contributed by atoms with van der Waals surface area (Å²) in [6, 6.07) is 16.9. The van der Waals surface area contributed by atoms with Crippen LogP contribution in [0.2, 0.25) is 0 Å². The maximum absolute atomic E-state index is 6.21. The van der Waals surface area contributed by atoms with Gasteiger partial charge in [-0.15, -0.1) is 0 Å². The molecule has 0 bridgehead atoms. The summed E-state index contributed by atoms with van der Waals surface area (Å²) in [5.41, 5.74) is 7.30. The monoisotopic (exact) mass is 431 g/mol. The molecule has 0 saturated carbocycles. The summed E-state index contributed by atoms with van der Waals surface area (Å²) in [5.74, 6) is 3.05. The maximum atomic E-state index is 6.21. The highest BCUT2D eigenvalue weighted by molar-refractivity contribution is 5.85. The fourth-order valence-corrected chi connectivity index (χ4v) is 5.07. The minimum Gasteiger partial charge on any atom is -0.493 e. The molecule has 2 aliphatic rings. The maximum Gasteiger partial charge on any atom is 0.168 e. The Labute approximate surface area is 189 Å². The van der Waals surface area contributed by atoms with Crippen molar-refractivity contribution < 1.29 is 18.9 Å². The van der Waals surface area contributed by atoms with Gasteiger partial charge in [-0.1, -0.05) is 30.3 Å². The summed E-state index contributed by atoms with van der Waals surface area (Å²) < 4.78 is 23.6. The van der Waals surface area contributed by atoms with Gasteiger partial charge in [0.25, 0.3) is 0 Å². The van der Waals surface area contributed by atoms with E-state index in [-0.39, 0.29) is 0 Å². The van der Waals surface area contributed by atoms with Crippen LogP contribution in [0.15, 0.2) is 48.5 Å². The van der Waals surface area contributed by atoms with Crippen molar-refractivity contribution in [2.45, 2.75) is 25.5 Å². The van der Waals surface area contributed by atoms with E-state index < -0.39 is 0 Å². The normalized spacial score (nSPS) is 16.7. The summed E-state index contributed by atoms with van der Waals surface area (Å²) in [4.78, 5) is 2.44. The van der Waals surface area contributed by atoms with Gasteiger partial charge in [-0.25, -0.2) is 0 Å². The molecule has 0 radical (unpaired) electrons. The summed E-state index contributed by atoms with van der Waals surface area (Å²) in [6.45, 7) is 1.52. The Kier molecular flexibility index (Phi) is 5.43. The van der Waals surface area contributed by atoms with Crippen LogP contribution in [0.1, 0.15) is 28.3 Å². The van der Waals surface area contributed by atoms with Crippen LogP contribution in [0.25, 0.3) is 11.1 Å². The minimum atomic E-state index is 0.302. The van der Waals surface area contributed by atoms with E-state index in [9.17, 15) is 0 Å². The topological polar surface area (TPSA) is 40.2 Å². The summed E-state index contributed by atoms with van der Waals surface area (Å²) in [7, 11) is 7.31. The number of nitrogens with zero attached hydrogens (tertiary/aromatic N) is 1. The van der Waals surface area contributed by atoms with Crippen LogP contribution < -0.4 is 18.9 Å². The highest BCUT2D eigenvalue weighted by Gasteiger charge is 2.37. The van der Waals surface area contributed by atoms with Gasteiger partial charge in [0.15, 0.2) is 23.0 Å². The van der Waals surface area contributed by atoms with Crippen LogP contribution in [-0.2, 0) is 19.4 Å². The molecule has 0 saturated heterocycles. The standard InChI is InChI=1S/C27H29NO4/c1-28-11-10-18-13-24(30-3)27(31-4)26-20-15-22(29-2)23(14-19(20)12-21(28)25(18)26)32-16-17-8-6-5-7-9-17/h5-9,13-15,21H,10-12,16H2,1-4H3/t21-/m0/s1. The van der Waals surface area contributed by atoms with E-state index in [0.29, 0.717) is 12.6 Å². The second kappa shape index (κ2) is 8.40. The molecule has 0 N–H and O–H groups in total. The number of methoxy groups -OCH3 is 3. The van der Waals surface area contributed by atoms with Crippen molar-refractivity contribution in [3.05, 3.63) is 70.8 Å². The van der Waals surface area contributed by atoms with Crippen molar-refractivity contribution in [1.82, 2.24) is 4.90 Å². The van der Waals surface area contributed by atoms with Gasteiger partial charge in [0, 0.05) is 18.2 Å². The number of benzene rings is 3. The van der Waals surface area contributed by atoms with E-state index in [2.05, 4.69) is 42.3 Å². The molecule has 5 nitrogen and oxygen atoms in total. The van der Waals surface area contributed by atoms with Crippen molar-refractivity contribution >= 4 is 0 Å². The van der Waals surface area contributed by atoms with Gasteiger partial charge < -0.3 is 18.9 Å². The van der Waals surface area contributed by atoms with Crippen LogP contribution in [-0.4, -0.2) is 39.8 Å². The Morgan fingerprint density at radius 2 is 1.62 bits per heavy atom. The number of hydrogen-bond acceptors (Lipinski definition) is 5. The van der Waals surface area contributed by atoms with Gasteiger partial charge in [0.2, 0.25) is 0 Å². The van der Waals surface area contributed by atoms with Crippen molar-refractivity contribution in [2.75, 3.05) is 34.9 Å². The molecule has 3 aromatic rings. The van der Waals surface area contributed by atoms with E-state index in [1.807, 2.05) is 18.2 Å². The van der Waals surface area contributed by atoms with Crippen molar-refractivity contribution in [3.63, 3.8) is 0 Å². The summed E-state index contributed by atoms with van der Waals surface area (Å²) >= 11 is 0. The summed E-state index contributed by atoms with van der Waals surface area (Å²) in [5, 5.41) is 0. The number of rotatable bonds is 6. The van der Waals surface area contributed by atoms with Crippen LogP contribution >= 0.6 is 0 Å². The molecule has 1 atom stereocenters. The van der Waals surface area contributed by atoms with E-state index in [1.165, 1.54) is 16.7 Å². The Morgan fingerprint density at radius 1 is 0.875 bits per heavy atom. The molecule has 1 aliphatic carbocycles. The van der Waals surface area contributed by atoms with Crippen LogP contribution in [0, 0.1) is 0 Å². The molecule has 5 heteroatoms. The van der Waals surface area contributed by atoms with Crippen LogP contribution in [0.4, 0.5) is 0 Å². The second-order valence-corrected chi connectivity index (χ2v) is 8.44. The summed E-state index contributed by atoms with van der Waals surface area (Å²) in [6.07, 6.45) is 1.92. The Balaban J connectivity index is 1.65. The molecule has 3 aromatic carbocycles. The van der Waals surface area contributed by atoms with Crippen LogP contribution in [0.5, 0.6) is 23.0 Å². The zero-order valence-corrected chi connectivity index (χ0v) is 19.1. The zero-order valence-electron chi connectivity index (χ0n) is 19.1. The molecule has 0 spiro atoms. The highest BCUT2D eigenvalue weighted by atomic mass is 16.5. The van der Waals surface area contributed by atoms with Gasteiger partial charge in [0.05, 0.1) is 21.3 Å². The second-order valence-electron chi connectivity index (χ2n) is 8.44. The molecular weight excluding hydrogens is 402 g/mol. The number of hydrogen-bond donors (Lipinski definition) is 0. The molecule has 1 heterocycles. The number of ether oxygens (including phenoxy) is 4. The third-order valence-electron chi connectivity index (χ3n) is 6.70. The Bertz CT molecular complexity index is 1140. The lowest BCUT2D eigenvalue weighted by atomic mass is 9.76. The first-order valence-electron chi connectivity index (χ1n) is 11.0. The molecule has 0 aromatic heterocycles. The average Bonchev–Trinajstić information content (AvgIpc) is 2.84. The van der Waals surface area contributed by atoms with Crippen LogP contribution in [0.3, 0.4) is 0 Å². The van der Waals surface area contributed by atoms with Gasteiger partial charge in [-0.3, -0.25) is 4.90 Å². The quantitative estimate of drug-likeness (QED) is 0.547. The molecule has 32 heavy (non-hydrogen) atoms. The lowest BCUT2D eigenvalue weighted by molar-refractivity contribution is 0.226. The minimum absolute atomic E-state index is 0.302. The SMILES string of the molecule is COc1cc2c(cc1OCc1ccccc1)C[C@H]1c3c(cc(OC)c(OC)c3-2)CCN1C. The Morgan fingerprint density at radius 3 is 2.34 bits per heavy atom. The van der Waals surface area contributed by atoms with Crippen molar-refractivity contribution in [3.8, 4) is 34.1 Å². The predicted molar refractivity (Wildman–Crippen MR) is 125 cm³/mol. The van der Waals surface area contributed by atoms with Gasteiger partial charge >= 0.3 is 0 Å². The molecule has 0 amide bonds. The largest absolute Gasteiger partial charge is 0.493 e. The number of likely N-dealkylation sites (N-methyl/N-ethyl adjacent to an activating group) is 1. The van der Waals surface area contributed by atoms with Gasteiger partial charge in [-0.2, -0.15) is 0 Å². The lowest BCUT2D eigenvalue weighted by Crippen LogP contribution is -2.35. The lowest BCUT2D eigenvalue weighted by Gasteiger charge is -2.40. The first kappa shape index (κ1) is 20.7. The van der Waals surface area contributed by atoms with E-state index in [0.717, 1.165) is 59.1 Å². The van der Waals surface area contributed by atoms with Crippen molar-refractivity contribution in [1.29, 1.82) is 0 Å².